The molecule has 3 N–H and O–H groups in total. The van der Waals surface area contributed by atoms with Crippen molar-refractivity contribution in [2.45, 2.75) is 32.7 Å². The smallest absolute Gasteiger partial charge is 0.326 e. The minimum absolute atomic E-state index is 0.0532. The number of amides is 1. The highest BCUT2D eigenvalue weighted by Crippen LogP contribution is 2.06. The van der Waals surface area contributed by atoms with Crippen LogP contribution < -0.4 is 11.2 Å². The topological polar surface area (TPSA) is 123 Å². The molecule has 0 aliphatic rings. The Bertz CT molecular complexity index is 573. The second kappa shape index (κ2) is 6.69. The zero-order valence-electron chi connectivity index (χ0n) is 11.3. The van der Waals surface area contributed by atoms with Gasteiger partial charge in [-0.2, -0.15) is 0 Å². The van der Waals surface area contributed by atoms with Gasteiger partial charge < -0.3 is 15.0 Å². The Morgan fingerprint density at radius 2 is 1.95 bits per heavy atom. The molecule has 0 radical (unpaired) electrons. The number of carboxylic acid groups (broad SMARTS) is 1. The highest BCUT2D eigenvalue weighted by Gasteiger charge is 2.20. The molecule has 0 atom stereocenters. The summed E-state index contributed by atoms with van der Waals surface area (Å²) in [6.45, 7) is 3.77. The van der Waals surface area contributed by atoms with Gasteiger partial charge in [0.15, 0.2) is 0 Å². The third-order valence-corrected chi connectivity index (χ3v) is 2.66. The number of rotatable bonds is 6. The number of carboxylic acids is 1. The van der Waals surface area contributed by atoms with Crippen molar-refractivity contribution in [3.05, 3.63) is 32.6 Å². The van der Waals surface area contributed by atoms with Crippen molar-refractivity contribution in [3.63, 3.8) is 0 Å². The number of H-pyrrole nitrogens is 2. The lowest BCUT2D eigenvalue weighted by Gasteiger charge is -2.26. The van der Waals surface area contributed by atoms with Crippen LogP contribution in [0.15, 0.2) is 15.7 Å². The fraction of sp³-hybridized carbons (Fsp3) is 0.500. The fourth-order valence-corrected chi connectivity index (χ4v) is 1.73. The summed E-state index contributed by atoms with van der Waals surface area (Å²) in [6.07, 6.45) is 0.245. The molecule has 0 unspecified atom stereocenters. The van der Waals surface area contributed by atoms with Crippen LogP contribution in [0.4, 0.5) is 0 Å². The van der Waals surface area contributed by atoms with Crippen molar-refractivity contribution in [2.75, 3.05) is 6.54 Å². The summed E-state index contributed by atoms with van der Waals surface area (Å²) in [4.78, 5) is 50.7. The molecule has 0 saturated heterocycles. The number of aromatic nitrogens is 2. The van der Waals surface area contributed by atoms with Gasteiger partial charge in [0.25, 0.3) is 11.5 Å². The van der Waals surface area contributed by atoms with Gasteiger partial charge in [-0.05, 0) is 20.3 Å². The fourth-order valence-electron chi connectivity index (χ4n) is 1.73. The summed E-state index contributed by atoms with van der Waals surface area (Å²) < 4.78 is 0. The molecular formula is C12H17N3O5. The number of aliphatic carboxylic acids is 1. The molecule has 8 heteroatoms. The first-order valence-corrected chi connectivity index (χ1v) is 6.17. The van der Waals surface area contributed by atoms with Gasteiger partial charge in [0, 0.05) is 25.1 Å². The minimum Gasteiger partial charge on any atom is -0.481 e. The number of nitrogens with zero attached hydrogens (tertiary/aromatic N) is 1. The molecule has 1 heterocycles. The molecular weight excluding hydrogens is 266 g/mol. The third kappa shape index (κ3) is 4.38. The van der Waals surface area contributed by atoms with E-state index in [1.165, 1.54) is 4.90 Å². The van der Waals surface area contributed by atoms with Crippen LogP contribution in [-0.4, -0.2) is 44.4 Å². The Labute approximate surface area is 114 Å². The molecule has 0 spiro atoms. The van der Waals surface area contributed by atoms with Crippen LogP contribution in [0.25, 0.3) is 0 Å². The number of aromatic amines is 2. The van der Waals surface area contributed by atoms with Crippen LogP contribution in [-0.2, 0) is 4.79 Å². The largest absolute Gasteiger partial charge is 0.481 e. The van der Waals surface area contributed by atoms with E-state index >= 15 is 0 Å². The van der Waals surface area contributed by atoms with Gasteiger partial charge in [-0.3, -0.25) is 19.4 Å². The van der Waals surface area contributed by atoms with E-state index in [0.29, 0.717) is 6.42 Å². The summed E-state index contributed by atoms with van der Waals surface area (Å²) in [7, 11) is 0. The summed E-state index contributed by atoms with van der Waals surface area (Å²) in [5, 5.41) is 8.60. The van der Waals surface area contributed by atoms with Gasteiger partial charge in [-0.25, -0.2) is 4.79 Å². The van der Waals surface area contributed by atoms with Crippen LogP contribution in [0.2, 0.25) is 0 Å². The Balaban J connectivity index is 2.90. The Hall–Kier alpha value is -2.38. The second-order valence-electron chi connectivity index (χ2n) is 4.59. The second-order valence-corrected chi connectivity index (χ2v) is 4.59. The van der Waals surface area contributed by atoms with Gasteiger partial charge >= 0.3 is 11.7 Å². The summed E-state index contributed by atoms with van der Waals surface area (Å²) >= 11 is 0. The van der Waals surface area contributed by atoms with Crippen LogP contribution >= 0.6 is 0 Å². The lowest BCUT2D eigenvalue weighted by molar-refractivity contribution is -0.137. The van der Waals surface area contributed by atoms with Gasteiger partial charge in [0.05, 0.1) is 0 Å². The molecule has 0 aliphatic heterocycles. The van der Waals surface area contributed by atoms with Crippen molar-refractivity contribution in [2.24, 2.45) is 0 Å². The summed E-state index contributed by atoms with van der Waals surface area (Å²) in [6, 6.07) is 0.829. The normalized spacial score (nSPS) is 10.6. The van der Waals surface area contributed by atoms with E-state index in [9.17, 15) is 19.2 Å². The maximum Gasteiger partial charge on any atom is 0.326 e. The Morgan fingerprint density at radius 1 is 1.30 bits per heavy atom. The lowest BCUT2D eigenvalue weighted by atomic mass is 10.2. The molecule has 1 amide bonds. The third-order valence-electron chi connectivity index (χ3n) is 2.66. The lowest BCUT2D eigenvalue weighted by Crippen LogP contribution is -2.40. The average Bonchev–Trinajstić information content (AvgIpc) is 2.31. The van der Waals surface area contributed by atoms with Crippen molar-refractivity contribution >= 4 is 11.9 Å². The van der Waals surface area contributed by atoms with Crippen LogP contribution in [0.1, 0.15) is 37.2 Å². The first-order valence-electron chi connectivity index (χ1n) is 6.17. The molecule has 20 heavy (non-hydrogen) atoms. The zero-order chi connectivity index (χ0) is 15.3. The molecule has 0 bridgehead atoms. The van der Waals surface area contributed by atoms with E-state index in [0.717, 1.165) is 6.07 Å². The monoisotopic (exact) mass is 283 g/mol. The standard InChI is InChI=1S/C12H17N3O5/c1-7(2)15(5-3-4-10(17)18)11(19)8-6-9(16)14-12(20)13-8/h6-7H,3-5H2,1-2H3,(H,17,18)(H2,13,14,16,20). The molecule has 110 valence electrons. The van der Waals surface area contributed by atoms with Gasteiger partial charge in [-0.15, -0.1) is 0 Å². The van der Waals surface area contributed by atoms with Gasteiger partial charge in [0.1, 0.15) is 5.69 Å². The molecule has 1 rings (SSSR count). The van der Waals surface area contributed by atoms with Gasteiger partial charge in [-0.1, -0.05) is 0 Å². The van der Waals surface area contributed by atoms with Crippen molar-refractivity contribution in [1.29, 1.82) is 0 Å². The van der Waals surface area contributed by atoms with E-state index in [1.54, 1.807) is 13.8 Å². The van der Waals surface area contributed by atoms with Crippen molar-refractivity contribution in [3.8, 4) is 0 Å². The summed E-state index contributed by atoms with van der Waals surface area (Å²) in [5.74, 6) is -1.45. The highest BCUT2D eigenvalue weighted by molar-refractivity contribution is 5.92. The number of carbonyl (C=O) groups is 2. The molecule has 0 saturated carbocycles. The Morgan fingerprint density at radius 3 is 2.45 bits per heavy atom. The number of carbonyl (C=O) groups excluding carboxylic acids is 1. The van der Waals surface area contributed by atoms with E-state index in [2.05, 4.69) is 4.98 Å². The average molecular weight is 283 g/mol. The number of nitrogens with one attached hydrogen (secondary N) is 2. The molecule has 1 aromatic heterocycles. The van der Waals surface area contributed by atoms with E-state index in [4.69, 9.17) is 5.11 Å². The predicted octanol–water partition coefficient (Wildman–Crippen LogP) is -0.221. The number of hydrogen-bond donors (Lipinski definition) is 3. The van der Waals surface area contributed by atoms with Crippen molar-refractivity contribution in [1.82, 2.24) is 14.9 Å². The first kappa shape index (κ1) is 15.7. The van der Waals surface area contributed by atoms with Crippen molar-refractivity contribution < 1.29 is 14.7 Å². The van der Waals surface area contributed by atoms with E-state index < -0.39 is 23.1 Å². The van der Waals surface area contributed by atoms with Crippen LogP contribution in [0.3, 0.4) is 0 Å². The highest BCUT2D eigenvalue weighted by atomic mass is 16.4. The van der Waals surface area contributed by atoms with Gasteiger partial charge in [0.2, 0.25) is 0 Å². The SMILES string of the molecule is CC(C)N(CCCC(=O)O)C(=O)c1cc(=O)[nH]c(=O)[nH]1. The zero-order valence-corrected chi connectivity index (χ0v) is 11.3. The number of hydrogen-bond acceptors (Lipinski definition) is 4. The summed E-state index contributed by atoms with van der Waals surface area (Å²) in [5.41, 5.74) is -1.52. The minimum atomic E-state index is -0.939. The van der Waals surface area contributed by atoms with E-state index in [1.807, 2.05) is 4.98 Å². The van der Waals surface area contributed by atoms with E-state index in [-0.39, 0.29) is 24.7 Å². The van der Waals surface area contributed by atoms with Crippen LogP contribution in [0.5, 0.6) is 0 Å². The molecule has 0 fully saturated rings. The first-order chi connectivity index (χ1) is 9.31. The maximum atomic E-state index is 12.2. The molecule has 0 aromatic carbocycles. The maximum absolute atomic E-state index is 12.2. The van der Waals surface area contributed by atoms with Crippen LogP contribution in [0, 0.1) is 0 Å². The molecule has 1 aromatic rings. The Kier molecular flexibility index (Phi) is 5.24. The molecule has 8 nitrogen and oxygen atoms in total. The predicted molar refractivity (Wildman–Crippen MR) is 70.7 cm³/mol. The quantitative estimate of drug-likeness (QED) is 0.666. The molecule has 0 aliphatic carbocycles.